The van der Waals surface area contributed by atoms with E-state index in [1.807, 2.05) is 12.4 Å². The molecule has 0 radical (unpaired) electrons. The third-order valence-electron chi connectivity index (χ3n) is 6.22. The Labute approximate surface area is 188 Å². The van der Waals surface area contributed by atoms with E-state index in [1.165, 1.54) is 16.6 Å². The van der Waals surface area contributed by atoms with Gasteiger partial charge >= 0.3 is 0 Å². The van der Waals surface area contributed by atoms with Gasteiger partial charge in [-0.2, -0.15) is 0 Å². The van der Waals surface area contributed by atoms with Gasteiger partial charge in [-0.3, -0.25) is 15.1 Å². The van der Waals surface area contributed by atoms with Crippen LogP contribution in [0.15, 0.2) is 71.1 Å². The molecule has 0 aliphatic carbocycles. The van der Waals surface area contributed by atoms with E-state index in [1.54, 1.807) is 0 Å². The van der Waals surface area contributed by atoms with Gasteiger partial charge in [0, 0.05) is 61.3 Å². The molecule has 3 aromatic rings. The van der Waals surface area contributed by atoms with Crippen LogP contribution in [0.4, 0.5) is 11.4 Å². The maximum absolute atomic E-state index is 5.45. The van der Waals surface area contributed by atoms with E-state index in [0.29, 0.717) is 0 Å². The molecule has 1 fully saturated rings. The number of hydrogen-bond donors (Lipinski definition) is 3. The van der Waals surface area contributed by atoms with Crippen molar-refractivity contribution in [2.75, 3.05) is 38.7 Å². The van der Waals surface area contributed by atoms with Crippen molar-refractivity contribution in [3.63, 3.8) is 0 Å². The monoisotopic (exact) mass is 431 g/mol. The highest BCUT2D eigenvalue weighted by Gasteiger charge is 2.25. The standard InChI is InChI=1S/C25H30N6O/c1-18-16-27-25(28-20-8-6-19(7-9-20)17-31-12-14-32-15-13-31)30(2)24(18)29-23-5-3-4-22-21(23)10-11-26-22/h3-11,16,25-26,28-29H,12-15,17H2,1-2H3/p+1. The molecule has 2 aromatic carbocycles. The number of hydrogen-bond acceptors (Lipinski definition) is 5. The average Bonchev–Trinajstić information content (AvgIpc) is 3.30. The second-order valence-electron chi connectivity index (χ2n) is 8.50. The van der Waals surface area contributed by atoms with Crippen molar-refractivity contribution in [1.29, 1.82) is 0 Å². The fourth-order valence-electron chi connectivity index (χ4n) is 4.35. The van der Waals surface area contributed by atoms with Gasteiger partial charge in [-0.15, -0.1) is 0 Å². The number of nitrogens with zero attached hydrogens (tertiary/aromatic N) is 3. The minimum atomic E-state index is -0.0586. The highest BCUT2D eigenvalue weighted by Crippen LogP contribution is 2.26. The number of quaternary nitrogens is 1. The van der Waals surface area contributed by atoms with E-state index >= 15 is 0 Å². The van der Waals surface area contributed by atoms with Crippen LogP contribution in [0.3, 0.4) is 0 Å². The van der Waals surface area contributed by atoms with Crippen molar-refractivity contribution in [2.45, 2.75) is 19.8 Å². The molecule has 7 nitrogen and oxygen atoms in total. The Balaban J connectivity index is 1.26. The number of morpholine rings is 1. The molecule has 2 aliphatic heterocycles. The van der Waals surface area contributed by atoms with E-state index in [-0.39, 0.29) is 6.29 Å². The topological polar surface area (TPSA) is 72.5 Å². The Kier molecular flexibility index (Phi) is 5.94. The van der Waals surface area contributed by atoms with Crippen LogP contribution < -0.4 is 10.6 Å². The summed E-state index contributed by atoms with van der Waals surface area (Å²) in [4.78, 5) is 12.7. The summed E-state index contributed by atoms with van der Waals surface area (Å²) < 4.78 is 5.45. The second-order valence-corrected chi connectivity index (χ2v) is 8.50. The van der Waals surface area contributed by atoms with Crippen LogP contribution in [-0.4, -0.2) is 60.6 Å². The molecule has 0 bridgehead atoms. The zero-order valence-corrected chi connectivity index (χ0v) is 18.7. The summed E-state index contributed by atoms with van der Waals surface area (Å²) in [5.41, 5.74) is 5.84. The molecule has 2 aliphatic rings. The Morgan fingerprint density at radius 1 is 1.12 bits per heavy atom. The van der Waals surface area contributed by atoms with Crippen LogP contribution in [0.2, 0.25) is 0 Å². The molecule has 166 valence electrons. The van der Waals surface area contributed by atoms with Crippen LogP contribution in [-0.2, 0) is 11.3 Å². The molecular formula is C25H31N6O+. The highest BCUT2D eigenvalue weighted by atomic mass is 16.5. The van der Waals surface area contributed by atoms with E-state index in [4.69, 9.17) is 9.73 Å². The highest BCUT2D eigenvalue weighted by molar-refractivity contribution is 5.93. The number of nitrogens with one attached hydrogen (secondary N) is 2. The average molecular weight is 432 g/mol. The number of allylic oxidation sites excluding steroid dienone is 1. The summed E-state index contributed by atoms with van der Waals surface area (Å²) in [6.45, 7) is 6.75. The fourth-order valence-corrected chi connectivity index (χ4v) is 4.35. The molecule has 0 saturated carbocycles. The summed E-state index contributed by atoms with van der Waals surface area (Å²) in [6.07, 6.45) is 3.88. The van der Waals surface area contributed by atoms with E-state index < -0.39 is 0 Å². The van der Waals surface area contributed by atoms with Gasteiger partial charge in [-0.25, -0.2) is 4.99 Å². The van der Waals surface area contributed by atoms with Gasteiger partial charge < -0.3 is 15.0 Å². The lowest BCUT2D eigenvalue weighted by Crippen LogP contribution is -2.88. The maximum Gasteiger partial charge on any atom is 0.265 e. The predicted molar refractivity (Wildman–Crippen MR) is 129 cm³/mol. The predicted octanol–water partition coefficient (Wildman–Crippen LogP) is 2.84. The number of nitrogens with two attached hydrogens (primary N) is 1. The number of aromatic nitrogens is 1. The summed E-state index contributed by atoms with van der Waals surface area (Å²) in [5, 5.41) is 7.03. The van der Waals surface area contributed by atoms with Crippen molar-refractivity contribution in [1.82, 2.24) is 14.8 Å². The number of rotatable bonds is 6. The number of aromatic amines is 1. The van der Waals surface area contributed by atoms with E-state index in [9.17, 15) is 0 Å². The molecule has 4 N–H and O–H groups in total. The molecule has 1 aromatic heterocycles. The lowest BCUT2D eigenvalue weighted by atomic mass is 10.2. The van der Waals surface area contributed by atoms with Crippen LogP contribution >= 0.6 is 0 Å². The van der Waals surface area contributed by atoms with Gasteiger partial charge in [-0.05, 0) is 42.8 Å². The molecule has 3 heterocycles. The third kappa shape index (κ3) is 4.41. The van der Waals surface area contributed by atoms with Gasteiger partial charge in [0.15, 0.2) is 0 Å². The van der Waals surface area contributed by atoms with Gasteiger partial charge in [0.25, 0.3) is 6.29 Å². The summed E-state index contributed by atoms with van der Waals surface area (Å²) >= 11 is 0. The lowest BCUT2D eigenvalue weighted by molar-refractivity contribution is -0.630. The summed E-state index contributed by atoms with van der Waals surface area (Å²) in [6, 6.07) is 17.2. The van der Waals surface area contributed by atoms with Gasteiger partial charge in [-0.1, -0.05) is 18.2 Å². The molecular weight excluding hydrogens is 400 g/mol. The fraction of sp³-hybridized carbons (Fsp3) is 0.320. The minimum absolute atomic E-state index is 0.0586. The smallest absolute Gasteiger partial charge is 0.265 e. The summed E-state index contributed by atoms with van der Waals surface area (Å²) in [5.74, 6) is 1.07. The molecule has 1 atom stereocenters. The second kappa shape index (κ2) is 9.16. The summed E-state index contributed by atoms with van der Waals surface area (Å²) in [7, 11) is 2.09. The van der Waals surface area contributed by atoms with E-state index in [2.05, 4.69) is 87.9 Å². The van der Waals surface area contributed by atoms with Crippen molar-refractivity contribution < 1.29 is 10.1 Å². The number of H-pyrrole nitrogens is 1. The lowest BCUT2D eigenvalue weighted by Gasteiger charge is -2.31. The number of aliphatic imine (C=N–C) groups is 1. The molecule has 1 saturated heterocycles. The molecule has 5 rings (SSSR count). The zero-order chi connectivity index (χ0) is 21.9. The van der Waals surface area contributed by atoms with Gasteiger partial charge in [0.05, 0.1) is 13.2 Å². The van der Waals surface area contributed by atoms with Crippen molar-refractivity contribution in [3.8, 4) is 0 Å². The zero-order valence-electron chi connectivity index (χ0n) is 18.7. The molecule has 32 heavy (non-hydrogen) atoms. The normalized spacial score (nSPS) is 19.7. The largest absolute Gasteiger partial charge is 0.379 e. The minimum Gasteiger partial charge on any atom is -0.379 e. The van der Waals surface area contributed by atoms with Crippen LogP contribution in [0.1, 0.15) is 12.5 Å². The molecule has 0 amide bonds. The SMILES string of the molecule is CC1=C(Nc2cccc3[nH]ccc23)N(C)C([NH2+]c2ccc(CN3CCOCC3)cc2)N=C1. The van der Waals surface area contributed by atoms with Gasteiger partial charge in [0.2, 0.25) is 0 Å². The quantitative estimate of drug-likeness (QED) is 0.525. The number of anilines is 1. The Bertz CT molecular complexity index is 1130. The van der Waals surface area contributed by atoms with Crippen LogP contribution in [0.5, 0.6) is 0 Å². The first-order chi connectivity index (χ1) is 15.7. The van der Waals surface area contributed by atoms with Crippen molar-refractivity contribution >= 4 is 28.5 Å². The maximum atomic E-state index is 5.45. The number of fused-ring (bicyclic) bond motifs is 1. The first kappa shape index (κ1) is 20.8. The Morgan fingerprint density at radius 3 is 2.75 bits per heavy atom. The van der Waals surface area contributed by atoms with E-state index in [0.717, 1.165) is 55.4 Å². The van der Waals surface area contributed by atoms with Gasteiger partial charge in [0.1, 0.15) is 11.5 Å². The number of benzene rings is 2. The van der Waals surface area contributed by atoms with Crippen LogP contribution in [0, 0.1) is 0 Å². The van der Waals surface area contributed by atoms with Crippen LogP contribution in [0.25, 0.3) is 10.9 Å². The molecule has 7 heteroatoms. The Hall–Kier alpha value is -3.13. The van der Waals surface area contributed by atoms with Crippen molar-refractivity contribution in [3.05, 3.63) is 71.7 Å². The first-order valence-electron chi connectivity index (χ1n) is 11.2. The molecule has 1 unspecified atom stereocenters. The third-order valence-corrected chi connectivity index (χ3v) is 6.22. The number of ether oxygens (including phenoxy) is 1. The molecule has 0 spiro atoms. The van der Waals surface area contributed by atoms with Crippen molar-refractivity contribution in [2.24, 2.45) is 4.99 Å². The first-order valence-corrected chi connectivity index (χ1v) is 11.2. The Morgan fingerprint density at radius 2 is 1.94 bits per heavy atom.